The lowest BCUT2D eigenvalue weighted by Crippen LogP contribution is -2.64. The number of likely N-dealkylation sites (tertiary alicyclic amines) is 1. The SMILES string of the molecule is CCCCOC1(c2ccccc2C)CN(C(=O)C(Cc2ccc(OC)cc2)n2cnc(C(C)CC(N)=O)c2)C1. The summed E-state index contributed by atoms with van der Waals surface area (Å²) in [4.78, 5) is 31.9. The van der Waals surface area contributed by atoms with Crippen molar-refractivity contribution in [1.29, 1.82) is 0 Å². The van der Waals surface area contributed by atoms with E-state index < -0.39 is 11.6 Å². The van der Waals surface area contributed by atoms with Crippen LogP contribution in [-0.4, -0.2) is 53.1 Å². The zero-order chi connectivity index (χ0) is 28.0. The smallest absolute Gasteiger partial charge is 0.246 e. The maximum atomic E-state index is 14.1. The normalized spacial score (nSPS) is 15.8. The molecule has 39 heavy (non-hydrogen) atoms. The van der Waals surface area contributed by atoms with Gasteiger partial charge in [-0.05, 0) is 42.2 Å². The number of carbonyl (C=O) groups excluding carboxylic acids is 2. The Kier molecular flexibility index (Phi) is 9.07. The van der Waals surface area contributed by atoms with E-state index >= 15 is 0 Å². The molecule has 4 rings (SSSR count). The molecule has 0 radical (unpaired) electrons. The van der Waals surface area contributed by atoms with E-state index in [4.69, 9.17) is 15.2 Å². The highest BCUT2D eigenvalue weighted by atomic mass is 16.5. The van der Waals surface area contributed by atoms with Crippen molar-refractivity contribution in [2.75, 3.05) is 26.8 Å². The van der Waals surface area contributed by atoms with Gasteiger partial charge in [0.2, 0.25) is 11.8 Å². The van der Waals surface area contributed by atoms with Gasteiger partial charge in [-0.25, -0.2) is 4.98 Å². The standard InChI is InChI=1S/C31H40N4O4/c1-5-6-15-39-31(26-10-8-7-9-22(26)2)19-35(20-31)30(37)28(17-24-11-13-25(38-4)14-12-24)34-18-27(33-21-34)23(3)16-29(32)36/h7-14,18,21,23,28H,5-6,15-17,19-20H2,1-4H3,(H2,32,36). The van der Waals surface area contributed by atoms with E-state index in [9.17, 15) is 9.59 Å². The number of nitrogens with two attached hydrogens (primary N) is 1. The van der Waals surface area contributed by atoms with Crippen molar-refractivity contribution in [3.8, 4) is 5.75 Å². The highest BCUT2D eigenvalue weighted by Gasteiger charge is 2.49. The molecule has 1 aliphatic rings. The number of nitrogens with zero attached hydrogens (tertiary/aromatic N) is 3. The predicted molar refractivity (Wildman–Crippen MR) is 150 cm³/mol. The quantitative estimate of drug-likeness (QED) is 0.326. The van der Waals surface area contributed by atoms with Crippen molar-refractivity contribution in [2.45, 2.75) is 64.0 Å². The Balaban J connectivity index is 1.59. The number of hydrogen-bond acceptors (Lipinski definition) is 5. The van der Waals surface area contributed by atoms with Crippen LogP contribution in [0, 0.1) is 6.92 Å². The summed E-state index contributed by atoms with van der Waals surface area (Å²) in [6.45, 7) is 7.81. The lowest BCUT2D eigenvalue weighted by Gasteiger charge is -2.51. The molecule has 0 spiro atoms. The van der Waals surface area contributed by atoms with Crippen molar-refractivity contribution < 1.29 is 19.1 Å². The van der Waals surface area contributed by atoms with Crippen LogP contribution in [0.4, 0.5) is 0 Å². The number of imidazole rings is 1. The lowest BCUT2D eigenvalue weighted by atomic mass is 9.82. The van der Waals surface area contributed by atoms with Gasteiger partial charge in [-0.15, -0.1) is 0 Å². The molecule has 0 bridgehead atoms. The molecular weight excluding hydrogens is 492 g/mol. The van der Waals surface area contributed by atoms with E-state index in [2.05, 4.69) is 31.0 Å². The number of primary amides is 1. The van der Waals surface area contributed by atoms with Crippen molar-refractivity contribution in [2.24, 2.45) is 5.73 Å². The summed E-state index contributed by atoms with van der Waals surface area (Å²) in [5.74, 6) is 0.270. The third-order valence-corrected chi connectivity index (χ3v) is 7.58. The van der Waals surface area contributed by atoms with Crippen LogP contribution in [0.3, 0.4) is 0 Å². The van der Waals surface area contributed by atoms with Gasteiger partial charge in [0.15, 0.2) is 0 Å². The van der Waals surface area contributed by atoms with E-state index in [1.165, 1.54) is 5.56 Å². The first kappa shape index (κ1) is 28.4. The van der Waals surface area contributed by atoms with Crippen LogP contribution in [-0.2, 0) is 26.3 Å². The van der Waals surface area contributed by atoms with Crippen LogP contribution in [0.5, 0.6) is 5.75 Å². The zero-order valence-corrected chi connectivity index (χ0v) is 23.4. The third-order valence-electron chi connectivity index (χ3n) is 7.58. The van der Waals surface area contributed by atoms with Gasteiger partial charge in [-0.2, -0.15) is 0 Å². The predicted octanol–water partition coefficient (Wildman–Crippen LogP) is 4.52. The van der Waals surface area contributed by atoms with Crippen molar-refractivity contribution in [1.82, 2.24) is 14.5 Å². The number of amides is 2. The molecule has 8 nitrogen and oxygen atoms in total. The van der Waals surface area contributed by atoms with Crippen LogP contribution in [0.1, 0.15) is 67.5 Å². The molecule has 2 atom stereocenters. The molecule has 2 amide bonds. The highest BCUT2D eigenvalue weighted by molar-refractivity contribution is 5.82. The van der Waals surface area contributed by atoms with E-state index in [1.54, 1.807) is 13.4 Å². The first-order chi connectivity index (χ1) is 18.8. The van der Waals surface area contributed by atoms with Gasteiger partial charge >= 0.3 is 0 Å². The fourth-order valence-electron chi connectivity index (χ4n) is 5.26. The Bertz CT molecular complexity index is 1260. The van der Waals surface area contributed by atoms with Gasteiger partial charge in [0, 0.05) is 31.6 Å². The molecule has 2 N–H and O–H groups in total. The monoisotopic (exact) mass is 532 g/mol. The maximum absolute atomic E-state index is 14.1. The minimum Gasteiger partial charge on any atom is -0.497 e. The first-order valence-corrected chi connectivity index (χ1v) is 13.7. The molecule has 0 aliphatic carbocycles. The van der Waals surface area contributed by atoms with Crippen LogP contribution in [0.15, 0.2) is 61.1 Å². The number of aromatic nitrogens is 2. The summed E-state index contributed by atoms with van der Waals surface area (Å²) in [7, 11) is 1.63. The average molecular weight is 533 g/mol. The Morgan fingerprint density at radius 3 is 2.49 bits per heavy atom. The molecule has 8 heteroatoms. The van der Waals surface area contributed by atoms with Crippen LogP contribution in [0.25, 0.3) is 0 Å². The highest BCUT2D eigenvalue weighted by Crippen LogP contribution is 2.39. The second-order valence-electron chi connectivity index (χ2n) is 10.6. The fourth-order valence-corrected chi connectivity index (χ4v) is 5.26. The second-order valence-corrected chi connectivity index (χ2v) is 10.6. The summed E-state index contributed by atoms with van der Waals surface area (Å²) < 4.78 is 13.7. The number of unbranched alkanes of at least 4 members (excludes halogenated alkanes) is 1. The topological polar surface area (TPSA) is 99.7 Å². The molecule has 2 unspecified atom stereocenters. The molecule has 208 valence electrons. The number of ether oxygens (including phenoxy) is 2. The van der Waals surface area contributed by atoms with E-state index in [1.807, 2.05) is 59.0 Å². The summed E-state index contributed by atoms with van der Waals surface area (Å²) in [6.07, 6.45) is 6.27. The fraction of sp³-hybridized carbons (Fsp3) is 0.452. The molecule has 1 fully saturated rings. The van der Waals surface area contributed by atoms with Gasteiger partial charge in [-0.1, -0.05) is 56.7 Å². The third kappa shape index (κ3) is 6.50. The van der Waals surface area contributed by atoms with E-state index in [0.29, 0.717) is 26.1 Å². The molecule has 2 heterocycles. The van der Waals surface area contributed by atoms with Gasteiger partial charge < -0.3 is 24.7 Å². The van der Waals surface area contributed by atoms with Crippen LogP contribution >= 0.6 is 0 Å². The number of aryl methyl sites for hydroxylation is 1. The minimum atomic E-state index is -0.503. The average Bonchev–Trinajstić information content (AvgIpc) is 3.39. The Morgan fingerprint density at radius 2 is 1.85 bits per heavy atom. The second kappa shape index (κ2) is 12.5. The minimum absolute atomic E-state index is 0.0145. The summed E-state index contributed by atoms with van der Waals surface area (Å²) in [6, 6.07) is 15.5. The number of hydrogen-bond donors (Lipinski definition) is 1. The molecule has 3 aromatic rings. The molecule has 1 saturated heterocycles. The molecule has 0 saturated carbocycles. The summed E-state index contributed by atoms with van der Waals surface area (Å²) >= 11 is 0. The molecule has 1 aliphatic heterocycles. The van der Waals surface area contributed by atoms with Gasteiger partial charge in [0.1, 0.15) is 17.4 Å². The first-order valence-electron chi connectivity index (χ1n) is 13.7. The number of rotatable bonds is 13. The number of methoxy groups -OCH3 is 1. The number of carbonyl (C=O) groups is 2. The molecule has 1 aromatic heterocycles. The lowest BCUT2D eigenvalue weighted by molar-refractivity contribution is -0.176. The summed E-state index contributed by atoms with van der Waals surface area (Å²) in [5, 5.41) is 0. The molecular formula is C31H40N4O4. The van der Waals surface area contributed by atoms with Gasteiger partial charge in [0.05, 0.1) is 32.2 Å². The van der Waals surface area contributed by atoms with Crippen molar-refractivity contribution in [3.63, 3.8) is 0 Å². The maximum Gasteiger partial charge on any atom is 0.246 e. The van der Waals surface area contributed by atoms with Gasteiger partial charge in [0.25, 0.3) is 0 Å². The van der Waals surface area contributed by atoms with Gasteiger partial charge in [-0.3, -0.25) is 9.59 Å². The van der Waals surface area contributed by atoms with E-state index in [0.717, 1.165) is 35.4 Å². The molecule has 2 aromatic carbocycles. The Labute approximate surface area is 231 Å². The zero-order valence-electron chi connectivity index (χ0n) is 23.4. The largest absolute Gasteiger partial charge is 0.497 e. The summed E-state index contributed by atoms with van der Waals surface area (Å²) in [5.41, 5.74) is 8.96. The number of benzene rings is 2. The van der Waals surface area contributed by atoms with Crippen LogP contribution < -0.4 is 10.5 Å². The Morgan fingerprint density at radius 1 is 1.13 bits per heavy atom. The van der Waals surface area contributed by atoms with Crippen molar-refractivity contribution in [3.05, 3.63) is 83.4 Å². The van der Waals surface area contributed by atoms with Crippen LogP contribution in [0.2, 0.25) is 0 Å². The Hall–Kier alpha value is -3.65. The van der Waals surface area contributed by atoms with Crippen molar-refractivity contribution >= 4 is 11.8 Å². The van der Waals surface area contributed by atoms with E-state index in [-0.39, 0.29) is 24.2 Å².